The van der Waals surface area contributed by atoms with Crippen molar-refractivity contribution >= 4 is 28.5 Å². The Bertz CT molecular complexity index is 1350. The zero-order chi connectivity index (χ0) is 24.3. The standard InChI is InChI=1S/C28H30N2O5/c31-15-28(16-32)21-9-4-8-20-24(21)30(27(28)35)13-5-12-29-22-14-18(26(33)34)10-11-19(22)23(25(20)29)17-6-2-1-3-7-17/h4,8-11,14,17,31-32H,1-3,5-7,12-13,15-16H2,(H,33,34). The Hall–Kier alpha value is -3.16. The van der Waals surface area contributed by atoms with Crippen molar-refractivity contribution in [2.45, 2.75) is 56.4 Å². The van der Waals surface area contributed by atoms with Gasteiger partial charge in [-0.15, -0.1) is 0 Å². The molecule has 0 unspecified atom stereocenters. The Morgan fingerprint density at radius 3 is 2.49 bits per heavy atom. The molecule has 7 nitrogen and oxygen atoms in total. The van der Waals surface area contributed by atoms with Crippen LogP contribution in [0.2, 0.25) is 0 Å². The number of aromatic carboxylic acids is 1. The van der Waals surface area contributed by atoms with Crippen LogP contribution in [0.25, 0.3) is 22.2 Å². The van der Waals surface area contributed by atoms with E-state index in [-0.39, 0.29) is 11.5 Å². The zero-order valence-electron chi connectivity index (χ0n) is 19.7. The number of anilines is 1. The second-order valence-corrected chi connectivity index (χ2v) is 10.2. The molecule has 1 amide bonds. The quantitative estimate of drug-likeness (QED) is 0.530. The molecule has 3 N–H and O–H groups in total. The van der Waals surface area contributed by atoms with E-state index in [4.69, 9.17) is 0 Å². The number of hydrogen-bond acceptors (Lipinski definition) is 4. The van der Waals surface area contributed by atoms with Gasteiger partial charge in [-0.05, 0) is 48.4 Å². The lowest BCUT2D eigenvalue weighted by Crippen LogP contribution is -2.46. The number of para-hydroxylation sites is 1. The fraction of sp³-hybridized carbons (Fsp3) is 0.429. The Kier molecular flexibility index (Phi) is 5.23. The molecule has 0 spiro atoms. The number of benzene rings is 2. The first-order chi connectivity index (χ1) is 17.0. The second-order valence-electron chi connectivity index (χ2n) is 10.2. The first kappa shape index (κ1) is 22.3. The molecule has 0 saturated heterocycles. The lowest BCUT2D eigenvalue weighted by molar-refractivity contribution is -0.126. The number of carbonyl (C=O) groups excluding carboxylic acids is 1. The van der Waals surface area contributed by atoms with Crippen molar-refractivity contribution in [2.75, 3.05) is 24.7 Å². The van der Waals surface area contributed by atoms with Gasteiger partial charge in [-0.25, -0.2) is 4.79 Å². The van der Waals surface area contributed by atoms with E-state index in [1.807, 2.05) is 24.3 Å². The molecule has 3 aromatic rings. The summed E-state index contributed by atoms with van der Waals surface area (Å²) >= 11 is 0. The second kappa shape index (κ2) is 8.21. The molecular weight excluding hydrogens is 444 g/mol. The molecule has 6 rings (SSSR count). The van der Waals surface area contributed by atoms with Gasteiger partial charge in [0, 0.05) is 29.6 Å². The summed E-state index contributed by atoms with van der Waals surface area (Å²) in [6.45, 7) is 0.229. The number of carboxylic acids is 1. The van der Waals surface area contributed by atoms with E-state index >= 15 is 0 Å². The van der Waals surface area contributed by atoms with Gasteiger partial charge in [-0.3, -0.25) is 4.79 Å². The van der Waals surface area contributed by atoms with E-state index in [9.17, 15) is 24.9 Å². The zero-order valence-corrected chi connectivity index (χ0v) is 19.7. The van der Waals surface area contributed by atoms with Crippen LogP contribution in [0, 0.1) is 0 Å². The van der Waals surface area contributed by atoms with Crippen LogP contribution >= 0.6 is 0 Å². The van der Waals surface area contributed by atoms with Gasteiger partial charge >= 0.3 is 5.97 Å². The van der Waals surface area contributed by atoms with Gasteiger partial charge in [0.25, 0.3) is 0 Å². The minimum absolute atomic E-state index is 0.248. The van der Waals surface area contributed by atoms with Crippen LogP contribution in [0.5, 0.6) is 0 Å². The number of aromatic nitrogens is 1. The van der Waals surface area contributed by atoms with E-state index in [2.05, 4.69) is 4.57 Å². The Morgan fingerprint density at radius 2 is 1.77 bits per heavy atom. The molecule has 0 radical (unpaired) electrons. The Morgan fingerprint density at radius 1 is 1.00 bits per heavy atom. The minimum atomic E-state index is -1.34. The number of nitrogens with zero attached hydrogens (tertiary/aromatic N) is 2. The third-order valence-corrected chi connectivity index (χ3v) is 8.40. The number of aliphatic hydroxyl groups is 2. The molecular formula is C28H30N2O5. The number of fused-ring (bicyclic) bond motifs is 4. The van der Waals surface area contributed by atoms with Crippen LogP contribution in [0.4, 0.5) is 5.69 Å². The molecule has 1 aliphatic carbocycles. The van der Waals surface area contributed by atoms with Crippen LogP contribution in [0.15, 0.2) is 36.4 Å². The van der Waals surface area contributed by atoms with Crippen molar-refractivity contribution in [1.82, 2.24) is 4.57 Å². The molecule has 0 bridgehead atoms. The van der Waals surface area contributed by atoms with Gasteiger partial charge in [0.15, 0.2) is 0 Å². The molecule has 2 aromatic carbocycles. The maximum absolute atomic E-state index is 13.6. The number of aryl methyl sites for hydroxylation is 1. The van der Waals surface area contributed by atoms with E-state index < -0.39 is 24.6 Å². The highest BCUT2D eigenvalue weighted by atomic mass is 16.4. The fourth-order valence-corrected chi connectivity index (χ4v) is 6.68. The minimum Gasteiger partial charge on any atom is -0.478 e. The Balaban J connectivity index is 1.70. The van der Waals surface area contributed by atoms with E-state index in [0.717, 1.165) is 40.7 Å². The van der Waals surface area contributed by atoms with Gasteiger partial charge in [0.2, 0.25) is 5.91 Å². The van der Waals surface area contributed by atoms with Crippen LogP contribution in [0.3, 0.4) is 0 Å². The van der Waals surface area contributed by atoms with Crippen LogP contribution in [-0.2, 0) is 16.8 Å². The highest BCUT2D eigenvalue weighted by Crippen LogP contribution is 2.52. The van der Waals surface area contributed by atoms with Crippen LogP contribution in [0.1, 0.15) is 65.9 Å². The van der Waals surface area contributed by atoms with Crippen molar-refractivity contribution in [3.05, 3.63) is 53.1 Å². The summed E-state index contributed by atoms with van der Waals surface area (Å²) in [7, 11) is 0. The number of amides is 1. The summed E-state index contributed by atoms with van der Waals surface area (Å²) in [4.78, 5) is 27.1. The normalized spacial score (nSPS) is 19.4. The SMILES string of the molecule is O=C(O)c1ccc2c(C3CCCCC3)c3n(c2c1)CCCN1C(=O)C(CO)(CO)c2cccc-3c21. The van der Waals surface area contributed by atoms with Crippen molar-refractivity contribution in [2.24, 2.45) is 0 Å². The molecule has 7 heteroatoms. The van der Waals surface area contributed by atoms with E-state index in [1.54, 1.807) is 17.0 Å². The first-order valence-corrected chi connectivity index (χ1v) is 12.6. The summed E-state index contributed by atoms with van der Waals surface area (Å²) in [6, 6.07) is 11.2. The number of carboxylic acid groups (broad SMARTS) is 1. The summed E-state index contributed by atoms with van der Waals surface area (Å²) in [5, 5.41) is 31.3. The smallest absolute Gasteiger partial charge is 0.335 e. The number of aliphatic hydroxyl groups excluding tert-OH is 2. The van der Waals surface area contributed by atoms with Gasteiger partial charge in [-0.2, -0.15) is 0 Å². The molecule has 1 aromatic heterocycles. The molecule has 1 saturated carbocycles. The van der Waals surface area contributed by atoms with E-state index in [1.165, 1.54) is 24.8 Å². The topological polar surface area (TPSA) is 103 Å². The average Bonchev–Trinajstić information content (AvgIpc) is 3.32. The number of carbonyl (C=O) groups is 2. The summed E-state index contributed by atoms with van der Waals surface area (Å²) < 4.78 is 2.25. The lowest BCUT2D eigenvalue weighted by atomic mass is 9.80. The van der Waals surface area contributed by atoms with Gasteiger partial charge in [0.05, 0.1) is 30.2 Å². The molecule has 3 heterocycles. The predicted molar refractivity (Wildman–Crippen MR) is 133 cm³/mol. The van der Waals surface area contributed by atoms with Crippen LogP contribution < -0.4 is 4.90 Å². The van der Waals surface area contributed by atoms with Crippen molar-refractivity contribution in [3.63, 3.8) is 0 Å². The maximum atomic E-state index is 13.6. The number of hydrogen-bond donors (Lipinski definition) is 3. The predicted octanol–water partition coefficient (Wildman–Crippen LogP) is 4.03. The third kappa shape index (κ3) is 3.04. The van der Waals surface area contributed by atoms with Crippen molar-refractivity contribution in [1.29, 1.82) is 0 Å². The molecule has 0 atom stereocenters. The van der Waals surface area contributed by atoms with Crippen LogP contribution in [-0.4, -0.2) is 51.5 Å². The highest BCUT2D eigenvalue weighted by Gasteiger charge is 2.51. The highest BCUT2D eigenvalue weighted by molar-refractivity contribution is 6.12. The van der Waals surface area contributed by atoms with Gasteiger partial charge < -0.3 is 24.8 Å². The Labute approximate surface area is 203 Å². The molecule has 3 aliphatic rings. The van der Waals surface area contributed by atoms with Crippen molar-refractivity contribution in [3.8, 4) is 11.3 Å². The average molecular weight is 475 g/mol. The van der Waals surface area contributed by atoms with Crippen molar-refractivity contribution < 1.29 is 24.9 Å². The summed E-state index contributed by atoms with van der Waals surface area (Å²) in [5.74, 6) is -0.832. The number of rotatable bonds is 4. The molecule has 35 heavy (non-hydrogen) atoms. The largest absolute Gasteiger partial charge is 0.478 e. The monoisotopic (exact) mass is 474 g/mol. The summed E-state index contributed by atoms with van der Waals surface area (Å²) in [6.07, 6.45) is 6.42. The third-order valence-electron chi connectivity index (χ3n) is 8.40. The molecule has 2 aliphatic heterocycles. The first-order valence-electron chi connectivity index (χ1n) is 12.6. The summed E-state index contributed by atoms with van der Waals surface area (Å²) in [5.41, 5.74) is 4.52. The molecule has 182 valence electrons. The van der Waals surface area contributed by atoms with Gasteiger partial charge in [-0.1, -0.05) is 43.5 Å². The maximum Gasteiger partial charge on any atom is 0.335 e. The van der Waals surface area contributed by atoms with E-state index in [0.29, 0.717) is 31.0 Å². The van der Waals surface area contributed by atoms with Gasteiger partial charge in [0.1, 0.15) is 5.41 Å². The lowest BCUT2D eigenvalue weighted by Gasteiger charge is -2.28. The molecule has 1 fully saturated rings. The fourth-order valence-electron chi connectivity index (χ4n) is 6.68.